The average molecular weight is 322 g/mol. The van der Waals surface area contributed by atoms with E-state index in [1.54, 1.807) is 0 Å². The van der Waals surface area contributed by atoms with E-state index in [0.29, 0.717) is 5.84 Å². The fourth-order valence-electron chi connectivity index (χ4n) is 1.54. The third kappa shape index (κ3) is 2.41. The standard InChI is InChI=1S/C13H11IN2/c14-16-13(15)12-8-4-7-11(9-12)10-5-2-1-3-6-10/h1-9H,(H2,15,16). The molecule has 0 saturated carbocycles. The molecule has 0 unspecified atom stereocenters. The van der Waals surface area contributed by atoms with Crippen LogP contribution in [0.5, 0.6) is 0 Å². The second kappa shape index (κ2) is 5.12. The predicted octanol–water partition coefficient (Wildman–Crippen LogP) is 3.41. The molecule has 2 rings (SSSR count). The van der Waals surface area contributed by atoms with Crippen LogP contribution in [0.3, 0.4) is 0 Å². The van der Waals surface area contributed by atoms with Gasteiger partial charge in [-0.3, -0.25) is 0 Å². The van der Waals surface area contributed by atoms with Crippen molar-refractivity contribution in [2.45, 2.75) is 0 Å². The van der Waals surface area contributed by atoms with E-state index in [1.165, 1.54) is 5.56 Å². The second-order valence-corrected chi connectivity index (χ2v) is 3.90. The van der Waals surface area contributed by atoms with Crippen LogP contribution in [0.1, 0.15) is 5.56 Å². The van der Waals surface area contributed by atoms with Crippen molar-refractivity contribution in [3.05, 3.63) is 60.2 Å². The van der Waals surface area contributed by atoms with Crippen LogP contribution in [0.2, 0.25) is 0 Å². The number of halogens is 1. The van der Waals surface area contributed by atoms with E-state index >= 15 is 0 Å². The maximum atomic E-state index is 5.78. The van der Waals surface area contributed by atoms with E-state index in [2.05, 4.69) is 21.4 Å². The van der Waals surface area contributed by atoms with Gasteiger partial charge in [-0.05, 0) is 17.2 Å². The summed E-state index contributed by atoms with van der Waals surface area (Å²) in [5, 5.41) is 0. The van der Waals surface area contributed by atoms with Gasteiger partial charge < -0.3 is 5.73 Å². The van der Waals surface area contributed by atoms with E-state index in [0.717, 1.165) is 11.1 Å². The largest absolute Gasteiger partial charge is 0.383 e. The first-order valence-corrected chi connectivity index (χ1v) is 5.88. The number of amidine groups is 1. The normalized spacial score (nSPS) is 11.4. The first kappa shape index (κ1) is 11.1. The van der Waals surface area contributed by atoms with Crippen LogP contribution in [0.25, 0.3) is 11.1 Å². The molecule has 0 aliphatic rings. The third-order valence-corrected chi connectivity index (χ3v) is 2.88. The molecular weight excluding hydrogens is 311 g/mol. The SMILES string of the molecule is NC(=NI)c1cccc(-c2ccccc2)c1. The van der Waals surface area contributed by atoms with Crippen molar-refractivity contribution in [2.24, 2.45) is 8.94 Å². The molecule has 0 atom stereocenters. The third-order valence-electron chi connectivity index (χ3n) is 2.36. The van der Waals surface area contributed by atoms with Gasteiger partial charge in [0.1, 0.15) is 5.84 Å². The summed E-state index contributed by atoms with van der Waals surface area (Å²) in [6, 6.07) is 18.3. The molecule has 0 aliphatic carbocycles. The summed E-state index contributed by atoms with van der Waals surface area (Å²) in [4.78, 5) is 0. The van der Waals surface area contributed by atoms with E-state index in [1.807, 2.05) is 59.3 Å². The topological polar surface area (TPSA) is 38.4 Å². The van der Waals surface area contributed by atoms with E-state index < -0.39 is 0 Å². The number of nitrogens with two attached hydrogens (primary N) is 1. The van der Waals surface area contributed by atoms with Crippen LogP contribution in [-0.4, -0.2) is 5.84 Å². The molecule has 2 aromatic rings. The minimum Gasteiger partial charge on any atom is -0.383 e. The van der Waals surface area contributed by atoms with Crippen LogP contribution in [0.15, 0.2) is 57.8 Å². The smallest absolute Gasteiger partial charge is 0.137 e. The summed E-state index contributed by atoms with van der Waals surface area (Å²) < 4.78 is 3.96. The summed E-state index contributed by atoms with van der Waals surface area (Å²) >= 11 is 1.91. The maximum absolute atomic E-state index is 5.78. The molecular formula is C13H11IN2. The fourth-order valence-corrected chi connectivity index (χ4v) is 1.82. The van der Waals surface area contributed by atoms with E-state index in [9.17, 15) is 0 Å². The molecule has 0 spiro atoms. The van der Waals surface area contributed by atoms with Gasteiger partial charge in [0.05, 0.1) is 22.9 Å². The van der Waals surface area contributed by atoms with Gasteiger partial charge in [0, 0.05) is 5.56 Å². The Morgan fingerprint density at radius 2 is 1.62 bits per heavy atom. The highest BCUT2D eigenvalue weighted by Crippen LogP contribution is 2.19. The van der Waals surface area contributed by atoms with Crippen molar-refractivity contribution in [2.75, 3.05) is 0 Å². The van der Waals surface area contributed by atoms with Gasteiger partial charge >= 0.3 is 0 Å². The number of benzene rings is 2. The zero-order chi connectivity index (χ0) is 11.4. The Bertz CT molecular complexity index is 506. The van der Waals surface area contributed by atoms with Gasteiger partial charge in [0.25, 0.3) is 0 Å². The predicted molar refractivity (Wildman–Crippen MR) is 76.6 cm³/mol. The minimum absolute atomic E-state index is 0.554. The van der Waals surface area contributed by atoms with Crippen molar-refractivity contribution in [1.82, 2.24) is 0 Å². The van der Waals surface area contributed by atoms with Crippen molar-refractivity contribution < 1.29 is 0 Å². The van der Waals surface area contributed by atoms with Crippen LogP contribution < -0.4 is 5.73 Å². The van der Waals surface area contributed by atoms with E-state index in [4.69, 9.17) is 5.73 Å². The lowest BCUT2D eigenvalue weighted by molar-refractivity contribution is 1.55. The molecule has 0 radical (unpaired) electrons. The van der Waals surface area contributed by atoms with Crippen LogP contribution >= 0.6 is 22.9 Å². The fraction of sp³-hybridized carbons (Fsp3) is 0. The molecule has 0 bridgehead atoms. The molecule has 0 amide bonds. The number of hydrogen-bond acceptors (Lipinski definition) is 1. The highest BCUT2D eigenvalue weighted by molar-refractivity contribution is 14.1. The molecule has 0 aliphatic heterocycles. The summed E-state index contributed by atoms with van der Waals surface area (Å²) in [7, 11) is 0. The monoisotopic (exact) mass is 322 g/mol. The molecule has 16 heavy (non-hydrogen) atoms. The van der Waals surface area contributed by atoms with Crippen LogP contribution in [-0.2, 0) is 0 Å². The van der Waals surface area contributed by atoms with Crippen molar-refractivity contribution in [3.63, 3.8) is 0 Å². The number of hydrogen-bond donors (Lipinski definition) is 1. The summed E-state index contributed by atoms with van der Waals surface area (Å²) in [6.07, 6.45) is 0. The highest BCUT2D eigenvalue weighted by atomic mass is 127. The van der Waals surface area contributed by atoms with Gasteiger partial charge in [0.2, 0.25) is 0 Å². The lowest BCUT2D eigenvalue weighted by Gasteiger charge is -2.04. The Balaban J connectivity index is 2.44. The van der Waals surface area contributed by atoms with Gasteiger partial charge in [-0.25, -0.2) is 0 Å². The second-order valence-electron chi connectivity index (χ2n) is 3.42. The van der Waals surface area contributed by atoms with Gasteiger partial charge in [-0.1, -0.05) is 48.5 Å². The van der Waals surface area contributed by atoms with E-state index in [-0.39, 0.29) is 0 Å². The Labute approximate surface area is 109 Å². The maximum Gasteiger partial charge on any atom is 0.137 e. The van der Waals surface area contributed by atoms with Crippen LogP contribution in [0.4, 0.5) is 0 Å². The molecule has 2 aromatic carbocycles. The zero-order valence-corrected chi connectivity index (χ0v) is 10.8. The quantitative estimate of drug-likeness (QED) is 0.514. The summed E-state index contributed by atoms with van der Waals surface area (Å²) in [5.74, 6) is 0.554. The minimum atomic E-state index is 0.554. The molecule has 2 nitrogen and oxygen atoms in total. The molecule has 3 heteroatoms. The van der Waals surface area contributed by atoms with Crippen molar-refractivity contribution >= 4 is 28.7 Å². The molecule has 0 fully saturated rings. The Kier molecular flexibility index (Phi) is 3.56. The molecule has 0 aromatic heterocycles. The highest BCUT2D eigenvalue weighted by Gasteiger charge is 2.01. The Morgan fingerprint density at radius 3 is 2.31 bits per heavy atom. The first-order valence-electron chi connectivity index (χ1n) is 4.91. The number of rotatable bonds is 2. The van der Waals surface area contributed by atoms with Gasteiger partial charge in [0.15, 0.2) is 0 Å². The summed E-state index contributed by atoms with van der Waals surface area (Å²) in [6.45, 7) is 0. The lowest BCUT2D eigenvalue weighted by atomic mass is 10.0. The van der Waals surface area contributed by atoms with Crippen molar-refractivity contribution in [1.29, 1.82) is 0 Å². The summed E-state index contributed by atoms with van der Waals surface area (Å²) in [5.41, 5.74) is 9.08. The average Bonchev–Trinajstić information content (AvgIpc) is 2.39. The van der Waals surface area contributed by atoms with Crippen LogP contribution in [0, 0.1) is 0 Å². The van der Waals surface area contributed by atoms with Gasteiger partial charge in [-0.2, -0.15) is 3.21 Å². The van der Waals surface area contributed by atoms with Crippen molar-refractivity contribution in [3.8, 4) is 11.1 Å². The Hall–Kier alpha value is -1.36. The zero-order valence-electron chi connectivity index (χ0n) is 8.60. The first-order chi connectivity index (χ1) is 7.81. The molecule has 0 heterocycles. The van der Waals surface area contributed by atoms with Gasteiger partial charge in [-0.15, -0.1) is 0 Å². The Morgan fingerprint density at radius 1 is 0.938 bits per heavy atom. The lowest BCUT2D eigenvalue weighted by Crippen LogP contribution is -2.11. The molecule has 0 saturated heterocycles. The molecule has 80 valence electrons. The number of nitrogens with zero attached hydrogens (tertiary/aromatic N) is 1. The molecule has 2 N–H and O–H groups in total.